The van der Waals surface area contributed by atoms with Crippen molar-refractivity contribution in [3.8, 4) is 0 Å². The molecule has 0 saturated carbocycles. The number of halogens is 3. The fourth-order valence-corrected chi connectivity index (χ4v) is 1.17. The molecule has 0 bridgehead atoms. The molecule has 15 heavy (non-hydrogen) atoms. The Kier molecular flexibility index (Phi) is 4.26. The number of amides is 1. The van der Waals surface area contributed by atoms with Crippen molar-refractivity contribution in [2.75, 3.05) is 5.32 Å². The largest absolute Gasteiger partial charge is 0.322 e. The van der Waals surface area contributed by atoms with Gasteiger partial charge in [0.05, 0.1) is 0 Å². The van der Waals surface area contributed by atoms with Crippen LogP contribution < -0.4 is 5.32 Å². The van der Waals surface area contributed by atoms with Crippen molar-refractivity contribution in [3.63, 3.8) is 0 Å². The highest BCUT2D eigenvalue weighted by molar-refractivity contribution is 6.76. The first-order chi connectivity index (χ1) is 6.93. The van der Waals surface area contributed by atoms with Crippen molar-refractivity contribution < 1.29 is 4.79 Å². The van der Waals surface area contributed by atoms with Crippen LogP contribution in [-0.2, 0) is 11.2 Å². The summed E-state index contributed by atoms with van der Waals surface area (Å²) in [6.07, 6.45) is 0.943. The van der Waals surface area contributed by atoms with Gasteiger partial charge in [-0.15, -0.1) is 0 Å². The zero-order valence-electron chi connectivity index (χ0n) is 8.06. The lowest BCUT2D eigenvalue weighted by atomic mass is 10.1. The van der Waals surface area contributed by atoms with Crippen molar-refractivity contribution in [3.05, 3.63) is 29.8 Å². The van der Waals surface area contributed by atoms with E-state index in [-0.39, 0.29) is 0 Å². The Bertz CT molecular complexity index is 343. The summed E-state index contributed by atoms with van der Waals surface area (Å²) in [4.78, 5) is 11.3. The molecular formula is C10H10Cl3NO. The molecule has 0 fully saturated rings. The average molecular weight is 267 g/mol. The van der Waals surface area contributed by atoms with Crippen LogP contribution in [0.25, 0.3) is 0 Å². The van der Waals surface area contributed by atoms with Crippen molar-refractivity contribution in [2.45, 2.75) is 17.1 Å². The van der Waals surface area contributed by atoms with E-state index in [9.17, 15) is 4.79 Å². The first kappa shape index (κ1) is 12.6. The van der Waals surface area contributed by atoms with Gasteiger partial charge < -0.3 is 5.32 Å². The first-order valence-corrected chi connectivity index (χ1v) is 5.54. The van der Waals surface area contributed by atoms with Gasteiger partial charge >= 0.3 is 0 Å². The van der Waals surface area contributed by atoms with E-state index in [0.29, 0.717) is 5.69 Å². The smallest absolute Gasteiger partial charge is 0.276 e. The molecule has 82 valence electrons. The molecule has 0 heterocycles. The fraction of sp³-hybridized carbons (Fsp3) is 0.300. The lowest BCUT2D eigenvalue weighted by molar-refractivity contribution is -0.115. The Hall–Kier alpha value is -0.440. The van der Waals surface area contributed by atoms with Crippen LogP contribution in [0.5, 0.6) is 0 Å². The minimum Gasteiger partial charge on any atom is -0.322 e. The summed E-state index contributed by atoms with van der Waals surface area (Å²) in [5, 5.41) is 2.50. The van der Waals surface area contributed by atoms with Gasteiger partial charge in [0.25, 0.3) is 9.70 Å². The molecule has 0 spiro atoms. The van der Waals surface area contributed by atoms with Crippen molar-refractivity contribution in [1.29, 1.82) is 0 Å². The highest BCUT2D eigenvalue weighted by Crippen LogP contribution is 2.27. The van der Waals surface area contributed by atoms with Crippen LogP contribution in [0.15, 0.2) is 24.3 Å². The number of hydrogen-bond donors (Lipinski definition) is 1. The van der Waals surface area contributed by atoms with Gasteiger partial charge in [0.15, 0.2) is 0 Å². The van der Waals surface area contributed by atoms with E-state index in [4.69, 9.17) is 34.8 Å². The molecule has 0 saturated heterocycles. The van der Waals surface area contributed by atoms with Crippen LogP contribution in [0.3, 0.4) is 0 Å². The minimum atomic E-state index is -1.93. The number of anilines is 1. The molecule has 0 aliphatic carbocycles. The summed E-state index contributed by atoms with van der Waals surface area (Å²) in [5.41, 5.74) is 1.80. The van der Waals surface area contributed by atoms with Gasteiger partial charge in [0, 0.05) is 5.69 Å². The SMILES string of the molecule is CCc1ccc(NC(=O)C(Cl)(Cl)Cl)cc1. The highest BCUT2D eigenvalue weighted by Gasteiger charge is 2.30. The topological polar surface area (TPSA) is 29.1 Å². The monoisotopic (exact) mass is 265 g/mol. The molecule has 1 N–H and O–H groups in total. The molecule has 0 aliphatic rings. The molecule has 0 aliphatic heterocycles. The third-order valence-corrected chi connectivity index (χ3v) is 2.39. The maximum Gasteiger partial charge on any atom is 0.276 e. The van der Waals surface area contributed by atoms with Crippen molar-refractivity contribution in [2.24, 2.45) is 0 Å². The fourth-order valence-electron chi connectivity index (χ4n) is 1.03. The maximum atomic E-state index is 11.3. The van der Waals surface area contributed by atoms with E-state index < -0.39 is 9.70 Å². The van der Waals surface area contributed by atoms with Gasteiger partial charge in [-0.3, -0.25) is 4.79 Å². The zero-order valence-corrected chi connectivity index (χ0v) is 10.3. The van der Waals surface area contributed by atoms with Crippen LogP contribution >= 0.6 is 34.8 Å². The molecule has 1 aromatic carbocycles. The molecule has 1 rings (SSSR count). The Labute approximate surface area is 104 Å². The van der Waals surface area contributed by atoms with Crippen LogP contribution in [0.1, 0.15) is 12.5 Å². The van der Waals surface area contributed by atoms with Crippen LogP contribution in [0.4, 0.5) is 5.69 Å². The van der Waals surface area contributed by atoms with Gasteiger partial charge in [-0.05, 0) is 24.1 Å². The first-order valence-electron chi connectivity index (χ1n) is 4.40. The Balaban J connectivity index is 2.70. The van der Waals surface area contributed by atoms with E-state index in [1.54, 1.807) is 12.1 Å². The molecule has 1 amide bonds. The quantitative estimate of drug-likeness (QED) is 0.815. The van der Waals surface area contributed by atoms with E-state index in [1.807, 2.05) is 12.1 Å². The van der Waals surface area contributed by atoms with Gasteiger partial charge in [0.1, 0.15) is 0 Å². The maximum absolute atomic E-state index is 11.3. The summed E-state index contributed by atoms with van der Waals surface area (Å²) in [6.45, 7) is 2.05. The highest BCUT2D eigenvalue weighted by atomic mass is 35.6. The number of carbonyl (C=O) groups excluding carboxylic acids is 1. The third-order valence-electron chi connectivity index (χ3n) is 1.88. The molecule has 5 heteroatoms. The number of rotatable bonds is 2. The van der Waals surface area contributed by atoms with Crippen LogP contribution in [0, 0.1) is 0 Å². The van der Waals surface area contributed by atoms with Crippen molar-refractivity contribution >= 4 is 46.4 Å². The van der Waals surface area contributed by atoms with Gasteiger partial charge in [-0.25, -0.2) is 0 Å². The molecular weight excluding hydrogens is 256 g/mol. The summed E-state index contributed by atoms with van der Waals surface area (Å²) < 4.78 is -1.93. The van der Waals surface area contributed by atoms with Crippen LogP contribution in [0.2, 0.25) is 0 Å². The average Bonchev–Trinajstić information content (AvgIpc) is 2.17. The summed E-state index contributed by atoms with van der Waals surface area (Å²) in [7, 11) is 0. The van der Waals surface area contributed by atoms with Gasteiger partial charge in [-0.2, -0.15) is 0 Å². The van der Waals surface area contributed by atoms with E-state index in [0.717, 1.165) is 6.42 Å². The van der Waals surface area contributed by atoms with E-state index >= 15 is 0 Å². The second-order valence-corrected chi connectivity index (χ2v) is 5.28. The van der Waals surface area contributed by atoms with Gasteiger partial charge in [-0.1, -0.05) is 53.9 Å². The summed E-state index contributed by atoms with van der Waals surface area (Å²) in [6, 6.07) is 7.36. The lowest BCUT2D eigenvalue weighted by Crippen LogP contribution is -2.26. The number of alkyl halides is 3. The van der Waals surface area contributed by atoms with Gasteiger partial charge in [0.2, 0.25) is 0 Å². The Morgan fingerprint density at radius 2 is 1.80 bits per heavy atom. The van der Waals surface area contributed by atoms with E-state index in [2.05, 4.69) is 12.2 Å². The summed E-state index contributed by atoms with van der Waals surface area (Å²) >= 11 is 16.2. The third kappa shape index (κ3) is 3.90. The predicted molar refractivity (Wildman–Crippen MR) is 64.7 cm³/mol. The minimum absolute atomic E-state index is 0.614. The Morgan fingerprint density at radius 3 is 2.20 bits per heavy atom. The Morgan fingerprint density at radius 1 is 1.27 bits per heavy atom. The number of carbonyl (C=O) groups is 1. The molecule has 0 radical (unpaired) electrons. The zero-order chi connectivity index (χ0) is 11.5. The molecule has 1 aromatic rings. The number of benzene rings is 1. The van der Waals surface area contributed by atoms with Crippen LogP contribution in [-0.4, -0.2) is 9.70 Å². The molecule has 0 unspecified atom stereocenters. The molecule has 0 aromatic heterocycles. The van der Waals surface area contributed by atoms with E-state index in [1.165, 1.54) is 5.56 Å². The number of aryl methyl sites for hydroxylation is 1. The summed E-state index contributed by atoms with van der Waals surface area (Å²) in [5.74, 6) is -0.656. The lowest BCUT2D eigenvalue weighted by Gasteiger charge is -2.11. The van der Waals surface area contributed by atoms with Crippen molar-refractivity contribution in [1.82, 2.24) is 0 Å². The second-order valence-electron chi connectivity index (χ2n) is 3.00. The second kappa shape index (κ2) is 5.06. The number of hydrogen-bond acceptors (Lipinski definition) is 1. The molecule has 2 nitrogen and oxygen atoms in total. The molecule has 0 atom stereocenters. The standard InChI is InChI=1S/C10H10Cl3NO/c1-2-7-3-5-8(6-4-7)14-9(15)10(11,12)13/h3-6H,2H2,1H3,(H,14,15). The predicted octanol–water partition coefficient (Wildman–Crippen LogP) is 3.56. The number of nitrogens with one attached hydrogen (secondary N) is 1. The normalized spacial score (nSPS) is 11.2.